The number of hydrogen-bond acceptors (Lipinski definition) is 4. The summed E-state index contributed by atoms with van der Waals surface area (Å²) in [6.07, 6.45) is 10.1. The second-order valence-electron chi connectivity index (χ2n) is 6.31. The number of piperidine rings is 1. The van der Waals surface area contributed by atoms with Gasteiger partial charge in [-0.25, -0.2) is 4.79 Å². The minimum atomic E-state index is -0.510. The second-order valence-corrected chi connectivity index (χ2v) is 7.22. The number of esters is 1. The number of amides is 1. The second kappa shape index (κ2) is 7.43. The maximum Gasteiger partial charge on any atom is 0.340 e. The van der Waals surface area contributed by atoms with Crippen LogP contribution in [0.1, 0.15) is 48.9 Å². The molecule has 1 aliphatic heterocycles. The van der Waals surface area contributed by atoms with E-state index in [9.17, 15) is 9.59 Å². The lowest BCUT2D eigenvalue weighted by Gasteiger charge is -2.44. The average Bonchev–Trinajstić information content (AvgIpc) is 2.59. The van der Waals surface area contributed by atoms with Crippen LogP contribution in [-0.4, -0.2) is 41.0 Å². The number of nitrogens with zero attached hydrogens (tertiary/aromatic N) is 2. The Morgan fingerprint density at radius 1 is 1.22 bits per heavy atom. The standard InChI is InChI=1S/C17H21BrN2O3/c18-14-8-13(9-19-10-14)17(22)23-11-16(21)20-7-3-5-12-4-1-2-6-15(12)20/h8-10,12,15H,1-7,11H2/t12-,15+/m1/s1. The van der Waals surface area contributed by atoms with Gasteiger partial charge in [-0.3, -0.25) is 9.78 Å². The van der Waals surface area contributed by atoms with Crippen LogP contribution in [0, 0.1) is 5.92 Å². The van der Waals surface area contributed by atoms with Crippen molar-refractivity contribution < 1.29 is 14.3 Å². The van der Waals surface area contributed by atoms with Crippen LogP contribution in [0.25, 0.3) is 0 Å². The molecule has 1 amide bonds. The van der Waals surface area contributed by atoms with Crippen molar-refractivity contribution >= 4 is 27.8 Å². The number of pyridine rings is 1. The molecule has 0 radical (unpaired) electrons. The molecule has 3 rings (SSSR count). The molecule has 0 spiro atoms. The van der Waals surface area contributed by atoms with E-state index in [-0.39, 0.29) is 12.5 Å². The molecule has 23 heavy (non-hydrogen) atoms. The molecule has 2 aliphatic rings. The average molecular weight is 381 g/mol. The highest BCUT2D eigenvalue weighted by Gasteiger charge is 2.35. The number of fused-ring (bicyclic) bond motifs is 1. The molecule has 1 aromatic rings. The van der Waals surface area contributed by atoms with Gasteiger partial charge in [0.15, 0.2) is 6.61 Å². The van der Waals surface area contributed by atoms with Crippen LogP contribution < -0.4 is 0 Å². The Morgan fingerprint density at radius 2 is 2.00 bits per heavy atom. The van der Waals surface area contributed by atoms with E-state index in [1.54, 1.807) is 12.3 Å². The summed E-state index contributed by atoms with van der Waals surface area (Å²) in [6.45, 7) is 0.602. The van der Waals surface area contributed by atoms with Crippen LogP contribution in [0.3, 0.4) is 0 Å². The van der Waals surface area contributed by atoms with E-state index in [4.69, 9.17) is 4.74 Å². The van der Waals surface area contributed by atoms with Crippen molar-refractivity contribution in [2.24, 2.45) is 5.92 Å². The lowest BCUT2D eigenvalue weighted by Crippen LogP contribution is -2.50. The first-order chi connectivity index (χ1) is 11.1. The normalized spacial score (nSPS) is 24.0. The first-order valence-electron chi connectivity index (χ1n) is 8.22. The highest BCUT2D eigenvalue weighted by atomic mass is 79.9. The van der Waals surface area contributed by atoms with E-state index in [2.05, 4.69) is 20.9 Å². The van der Waals surface area contributed by atoms with Crippen LogP contribution in [0.5, 0.6) is 0 Å². The topological polar surface area (TPSA) is 59.5 Å². The molecule has 2 fully saturated rings. The number of carbonyl (C=O) groups excluding carboxylic acids is 2. The smallest absolute Gasteiger partial charge is 0.340 e. The zero-order valence-electron chi connectivity index (χ0n) is 13.0. The fourth-order valence-corrected chi connectivity index (χ4v) is 4.12. The van der Waals surface area contributed by atoms with E-state index >= 15 is 0 Å². The fourth-order valence-electron chi connectivity index (χ4n) is 3.75. The predicted octanol–water partition coefficient (Wildman–Crippen LogP) is 3.18. The Bertz CT molecular complexity index is 591. The highest BCUT2D eigenvalue weighted by Crippen LogP contribution is 2.35. The molecular weight excluding hydrogens is 360 g/mol. The Hall–Kier alpha value is -1.43. The van der Waals surface area contributed by atoms with Crippen molar-refractivity contribution in [3.8, 4) is 0 Å². The molecule has 6 heteroatoms. The van der Waals surface area contributed by atoms with Crippen molar-refractivity contribution in [1.29, 1.82) is 0 Å². The van der Waals surface area contributed by atoms with E-state index in [1.165, 1.54) is 31.9 Å². The molecule has 0 N–H and O–H groups in total. The number of rotatable bonds is 3. The van der Waals surface area contributed by atoms with Crippen molar-refractivity contribution in [2.45, 2.75) is 44.6 Å². The summed E-state index contributed by atoms with van der Waals surface area (Å²) in [5, 5.41) is 0. The first kappa shape index (κ1) is 16.4. The van der Waals surface area contributed by atoms with Crippen LogP contribution >= 0.6 is 15.9 Å². The van der Waals surface area contributed by atoms with Crippen molar-refractivity contribution in [1.82, 2.24) is 9.88 Å². The summed E-state index contributed by atoms with van der Waals surface area (Å²) in [4.78, 5) is 30.4. The fraction of sp³-hybridized carbons (Fsp3) is 0.588. The minimum absolute atomic E-state index is 0.0714. The predicted molar refractivity (Wildman–Crippen MR) is 88.9 cm³/mol. The molecule has 1 aliphatic carbocycles. The van der Waals surface area contributed by atoms with Gasteiger partial charge in [0.25, 0.3) is 5.91 Å². The molecule has 1 saturated carbocycles. The van der Waals surface area contributed by atoms with Crippen LogP contribution in [0.2, 0.25) is 0 Å². The number of halogens is 1. The number of carbonyl (C=O) groups is 2. The first-order valence-corrected chi connectivity index (χ1v) is 9.01. The van der Waals surface area contributed by atoms with E-state index in [0.717, 1.165) is 19.4 Å². The maximum absolute atomic E-state index is 12.5. The molecule has 1 saturated heterocycles. The van der Waals surface area contributed by atoms with E-state index < -0.39 is 5.97 Å². The molecule has 2 heterocycles. The van der Waals surface area contributed by atoms with Gasteiger partial charge in [0, 0.05) is 29.5 Å². The number of likely N-dealkylation sites (tertiary alicyclic amines) is 1. The maximum atomic E-state index is 12.5. The van der Waals surface area contributed by atoms with Crippen LogP contribution in [0.15, 0.2) is 22.9 Å². The number of hydrogen-bond donors (Lipinski definition) is 0. The van der Waals surface area contributed by atoms with Gasteiger partial charge in [-0.05, 0) is 53.6 Å². The van der Waals surface area contributed by atoms with Gasteiger partial charge in [0.1, 0.15) is 0 Å². The summed E-state index contributed by atoms with van der Waals surface area (Å²) in [6, 6.07) is 1.98. The Balaban J connectivity index is 1.57. The van der Waals surface area contributed by atoms with Gasteiger partial charge in [-0.1, -0.05) is 12.8 Å². The zero-order valence-corrected chi connectivity index (χ0v) is 14.6. The molecule has 2 atom stereocenters. The van der Waals surface area contributed by atoms with Gasteiger partial charge in [-0.2, -0.15) is 0 Å². The Morgan fingerprint density at radius 3 is 2.83 bits per heavy atom. The molecular formula is C17H21BrN2O3. The van der Waals surface area contributed by atoms with Gasteiger partial charge in [0.2, 0.25) is 0 Å². The van der Waals surface area contributed by atoms with Crippen LogP contribution in [-0.2, 0) is 9.53 Å². The number of aromatic nitrogens is 1. The molecule has 5 nitrogen and oxygen atoms in total. The summed E-state index contributed by atoms with van der Waals surface area (Å²) in [5.74, 6) is 0.0497. The van der Waals surface area contributed by atoms with Gasteiger partial charge in [-0.15, -0.1) is 0 Å². The monoisotopic (exact) mass is 380 g/mol. The van der Waals surface area contributed by atoms with Gasteiger partial charge >= 0.3 is 5.97 Å². The third-order valence-electron chi connectivity index (χ3n) is 4.83. The lowest BCUT2D eigenvalue weighted by molar-refractivity contribution is -0.140. The lowest BCUT2D eigenvalue weighted by atomic mass is 9.78. The van der Waals surface area contributed by atoms with Gasteiger partial charge in [0.05, 0.1) is 5.56 Å². The van der Waals surface area contributed by atoms with Crippen molar-refractivity contribution in [2.75, 3.05) is 13.2 Å². The molecule has 1 aromatic heterocycles. The van der Waals surface area contributed by atoms with Crippen molar-refractivity contribution in [3.63, 3.8) is 0 Å². The van der Waals surface area contributed by atoms with E-state index in [0.29, 0.717) is 22.0 Å². The summed E-state index contributed by atoms with van der Waals surface area (Å²) in [5.41, 5.74) is 0.348. The number of ether oxygens (including phenoxy) is 1. The van der Waals surface area contributed by atoms with Crippen molar-refractivity contribution in [3.05, 3.63) is 28.5 Å². The SMILES string of the molecule is O=C(OCC(=O)N1CCC[C@H]2CCCC[C@@H]21)c1cncc(Br)c1. The van der Waals surface area contributed by atoms with E-state index in [1.807, 2.05) is 4.90 Å². The molecule has 0 unspecified atom stereocenters. The quantitative estimate of drug-likeness (QED) is 0.755. The minimum Gasteiger partial charge on any atom is -0.452 e. The summed E-state index contributed by atoms with van der Waals surface area (Å²) < 4.78 is 5.89. The third-order valence-corrected chi connectivity index (χ3v) is 5.26. The molecule has 0 bridgehead atoms. The molecule has 124 valence electrons. The molecule has 0 aromatic carbocycles. The largest absolute Gasteiger partial charge is 0.452 e. The third kappa shape index (κ3) is 3.91. The van der Waals surface area contributed by atoms with Crippen LogP contribution in [0.4, 0.5) is 0 Å². The zero-order chi connectivity index (χ0) is 16.2. The summed E-state index contributed by atoms with van der Waals surface area (Å²) in [7, 11) is 0. The Kier molecular flexibility index (Phi) is 5.30. The Labute approximate surface area is 144 Å². The van der Waals surface area contributed by atoms with Gasteiger partial charge < -0.3 is 9.64 Å². The highest BCUT2D eigenvalue weighted by molar-refractivity contribution is 9.10. The summed E-state index contributed by atoms with van der Waals surface area (Å²) >= 11 is 3.27.